The van der Waals surface area contributed by atoms with Crippen molar-refractivity contribution in [3.8, 4) is 0 Å². The van der Waals surface area contributed by atoms with Crippen molar-refractivity contribution >= 4 is 0 Å². The minimum absolute atomic E-state index is 0.388. The first-order chi connectivity index (χ1) is 8.80. The Balaban J connectivity index is 2.01. The topological polar surface area (TPSA) is 47.7 Å². The molecule has 1 aliphatic heterocycles. The van der Waals surface area contributed by atoms with Crippen molar-refractivity contribution in [1.82, 2.24) is 4.90 Å². The molecule has 1 saturated carbocycles. The number of hydrogen-bond acceptors (Lipinski definition) is 4. The minimum Gasteiger partial charge on any atom is -0.381 e. The Morgan fingerprint density at radius 3 is 2.56 bits per heavy atom. The van der Waals surface area contributed by atoms with E-state index in [1.807, 2.05) is 14.2 Å². The van der Waals surface area contributed by atoms with Gasteiger partial charge >= 0.3 is 0 Å². The highest BCUT2D eigenvalue weighted by molar-refractivity contribution is 4.92. The molecule has 1 heterocycles. The molecule has 2 fully saturated rings. The summed E-state index contributed by atoms with van der Waals surface area (Å²) in [4.78, 5) is 2.60. The Hall–Kier alpha value is -0.160. The van der Waals surface area contributed by atoms with Gasteiger partial charge in [0.2, 0.25) is 0 Å². The lowest BCUT2D eigenvalue weighted by Crippen LogP contribution is -2.57. The van der Waals surface area contributed by atoms with E-state index in [1.54, 1.807) is 0 Å². The fourth-order valence-corrected chi connectivity index (χ4v) is 3.65. The number of hydrogen-bond donors (Lipinski definition) is 1. The summed E-state index contributed by atoms with van der Waals surface area (Å²) in [5.74, 6) is 0. The van der Waals surface area contributed by atoms with Crippen LogP contribution in [0.4, 0.5) is 0 Å². The molecule has 2 rings (SSSR count). The zero-order chi connectivity index (χ0) is 13.0. The summed E-state index contributed by atoms with van der Waals surface area (Å²) in [5, 5.41) is 0. The predicted molar refractivity (Wildman–Crippen MR) is 72.6 cm³/mol. The summed E-state index contributed by atoms with van der Waals surface area (Å²) in [6, 6.07) is 1.03. The molecule has 0 aromatic heterocycles. The van der Waals surface area contributed by atoms with Gasteiger partial charge in [0.25, 0.3) is 0 Å². The molecule has 106 valence electrons. The average Bonchev–Trinajstić information content (AvgIpc) is 2.46. The van der Waals surface area contributed by atoms with Crippen molar-refractivity contribution in [2.75, 3.05) is 27.3 Å². The van der Waals surface area contributed by atoms with Gasteiger partial charge in [-0.3, -0.25) is 4.90 Å². The molecule has 0 bridgehead atoms. The summed E-state index contributed by atoms with van der Waals surface area (Å²) >= 11 is 0. The highest BCUT2D eigenvalue weighted by Crippen LogP contribution is 2.30. The molecule has 1 saturated heterocycles. The van der Waals surface area contributed by atoms with E-state index in [0.717, 1.165) is 25.9 Å². The van der Waals surface area contributed by atoms with Crippen LogP contribution in [0.3, 0.4) is 0 Å². The molecule has 2 aliphatic rings. The van der Waals surface area contributed by atoms with E-state index in [1.165, 1.54) is 25.7 Å². The van der Waals surface area contributed by atoms with E-state index in [-0.39, 0.29) is 0 Å². The minimum atomic E-state index is 0.388. The molecular weight excluding hydrogens is 228 g/mol. The van der Waals surface area contributed by atoms with Crippen LogP contribution in [0.2, 0.25) is 0 Å². The van der Waals surface area contributed by atoms with E-state index >= 15 is 0 Å². The zero-order valence-corrected chi connectivity index (χ0v) is 11.8. The van der Waals surface area contributed by atoms with Crippen molar-refractivity contribution in [2.45, 2.75) is 62.8 Å². The van der Waals surface area contributed by atoms with Crippen LogP contribution in [0.5, 0.6) is 0 Å². The third-order valence-corrected chi connectivity index (χ3v) is 4.72. The molecule has 4 atom stereocenters. The van der Waals surface area contributed by atoms with E-state index in [9.17, 15) is 0 Å². The highest BCUT2D eigenvalue weighted by atomic mass is 16.5. The van der Waals surface area contributed by atoms with Crippen LogP contribution in [0.1, 0.15) is 38.5 Å². The second kappa shape index (κ2) is 6.85. The van der Waals surface area contributed by atoms with Gasteiger partial charge in [-0.05, 0) is 25.7 Å². The predicted octanol–water partition coefficient (Wildman–Crippen LogP) is 1.38. The van der Waals surface area contributed by atoms with Gasteiger partial charge in [0, 0.05) is 39.4 Å². The van der Waals surface area contributed by atoms with Crippen molar-refractivity contribution < 1.29 is 9.47 Å². The summed E-state index contributed by atoms with van der Waals surface area (Å²) in [6.07, 6.45) is 8.06. The first kappa shape index (κ1) is 14.3. The van der Waals surface area contributed by atoms with Crippen molar-refractivity contribution in [2.24, 2.45) is 5.73 Å². The molecule has 0 aromatic carbocycles. The number of ether oxygens (including phenoxy) is 2. The standard InChI is InChI=1S/C14H28N2O2/c1-17-12-7-8-16(11(9-12)10-15)13-5-3-4-6-14(13)18-2/h11-14H,3-10,15H2,1-2H3. The van der Waals surface area contributed by atoms with Gasteiger partial charge in [-0.15, -0.1) is 0 Å². The molecule has 4 nitrogen and oxygen atoms in total. The summed E-state index contributed by atoms with van der Waals surface area (Å²) in [6.45, 7) is 1.83. The van der Waals surface area contributed by atoms with Crippen LogP contribution in [0.15, 0.2) is 0 Å². The Morgan fingerprint density at radius 1 is 1.11 bits per heavy atom. The van der Waals surface area contributed by atoms with E-state index in [4.69, 9.17) is 15.2 Å². The number of nitrogens with two attached hydrogens (primary N) is 1. The number of rotatable bonds is 4. The van der Waals surface area contributed by atoms with Gasteiger partial charge in [-0.2, -0.15) is 0 Å². The first-order valence-corrected chi connectivity index (χ1v) is 7.31. The zero-order valence-electron chi connectivity index (χ0n) is 11.8. The van der Waals surface area contributed by atoms with E-state index < -0.39 is 0 Å². The van der Waals surface area contributed by atoms with Crippen LogP contribution in [0.25, 0.3) is 0 Å². The molecule has 0 amide bonds. The van der Waals surface area contributed by atoms with Crippen LogP contribution in [-0.2, 0) is 9.47 Å². The molecule has 1 aliphatic carbocycles. The normalized spacial score (nSPS) is 38.8. The quantitative estimate of drug-likeness (QED) is 0.825. The van der Waals surface area contributed by atoms with Crippen LogP contribution < -0.4 is 5.73 Å². The second-order valence-electron chi connectivity index (χ2n) is 5.64. The number of piperidine rings is 1. The van der Waals surface area contributed by atoms with E-state index in [0.29, 0.717) is 24.3 Å². The van der Waals surface area contributed by atoms with Crippen molar-refractivity contribution in [3.63, 3.8) is 0 Å². The molecule has 4 unspecified atom stereocenters. The maximum absolute atomic E-state index is 5.97. The molecule has 0 spiro atoms. The Kier molecular flexibility index (Phi) is 5.42. The average molecular weight is 256 g/mol. The summed E-state index contributed by atoms with van der Waals surface area (Å²) < 4.78 is 11.2. The van der Waals surface area contributed by atoms with Crippen LogP contribution >= 0.6 is 0 Å². The monoisotopic (exact) mass is 256 g/mol. The summed E-state index contributed by atoms with van der Waals surface area (Å²) in [7, 11) is 3.66. The number of nitrogens with zero attached hydrogens (tertiary/aromatic N) is 1. The van der Waals surface area contributed by atoms with Crippen molar-refractivity contribution in [3.05, 3.63) is 0 Å². The highest BCUT2D eigenvalue weighted by Gasteiger charge is 2.37. The van der Waals surface area contributed by atoms with Gasteiger partial charge in [0.15, 0.2) is 0 Å². The molecule has 4 heteroatoms. The molecule has 0 aromatic rings. The molecule has 0 radical (unpaired) electrons. The summed E-state index contributed by atoms with van der Waals surface area (Å²) in [5.41, 5.74) is 5.97. The SMILES string of the molecule is COC1CCN(C2CCCCC2OC)C(CN)C1. The lowest BCUT2D eigenvalue weighted by atomic mass is 9.87. The van der Waals surface area contributed by atoms with Gasteiger partial charge < -0.3 is 15.2 Å². The first-order valence-electron chi connectivity index (χ1n) is 7.31. The van der Waals surface area contributed by atoms with E-state index in [2.05, 4.69) is 4.90 Å². The smallest absolute Gasteiger partial charge is 0.0726 e. The Morgan fingerprint density at radius 2 is 1.89 bits per heavy atom. The van der Waals surface area contributed by atoms with Crippen LogP contribution in [-0.4, -0.2) is 56.5 Å². The second-order valence-corrected chi connectivity index (χ2v) is 5.64. The third kappa shape index (κ3) is 3.05. The third-order valence-electron chi connectivity index (χ3n) is 4.72. The van der Waals surface area contributed by atoms with Crippen molar-refractivity contribution in [1.29, 1.82) is 0 Å². The fourth-order valence-electron chi connectivity index (χ4n) is 3.65. The fraction of sp³-hybridized carbons (Fsp3) is 1.00. The van der Waals surface area contributed by atoms with Gasteiger partial charge in [0.1, 0.15) is 0 Å². The lowest BCUT2D eigenvalue weighted by molar-refractivity contribution is -0.0613. The number of likely N-dealkylation sites (tertiary alicyclic amines) is 1. The molecular formula is C14H28N2O2. The maximum Gasteiger partial charge on any atom is 0.0726 e. The number of methoxy groups -OCH3 is 2. The Labute approximate surface area is 111 Å². The maximum atomic E-state index is 5.97. The largest absolute Gasteiger partial charge is 0.381 e. The van der Waals surface area contributed by atoms with Gasteiger partial charge in [-0.1, -0.05) is 12.8 Å². The lowest BCUT2D eigenvalue weighted by Gasteiger charge is -2.47. The molecule has 18 heavy (non-hydrogen) atoms. The van der Waals surface area contributed by atoms with Crippen LogP contribution in [0, 0.1) is 0 Å². The van der Waals surface area contributed by atoms with Gasteiger partial charge in [0.05, 0.1) is 12.2 Å². The molecule has 2 N–H and O–H groups in total. The van der Waals surface area contributed by atoms with Gasteiger partial charge in [-0.25, -0.2) is 0 Å². The Bertz CT molecular complexity index is 250.